The van der Waals surface area contributed by atoms with E-state index in [0.717, 1.165) is 40.7 Å². The van der Waals surface area contributed by atoms with Gasteiger partial charge in [0, 0.05) is 28.6 Å². The fourth-order valence-electron chi connectivity index (χ4n) is 4.85. The first-order valence-corrected chi connectivity index (χ1v) is 11.0. The summed E-state index contributed by atoms with van der Waals surface area (Å²) in [5.41, 5.74) is 6.50. The number of hydrogen-bond donors (Lipinski definition) is 1. The van der Waals surface area contributed by atoms with Crippen LogP contribution in [-0.4, -0.2) is 10.8 Å². The minimum Gasteiger partial charge on any atom is -0.357 e. The molecule has 146 valence electrons. The Kier molecular flexibility index (Phi) is 5.66. The number of nitrogens with one attached hydrogen (secondary N) is 1. The standard InChI is InChI=1S/C26H31NO/c1-3-5-6-7-8-12-18(4-2)20-15-11-16-22-24(20)25-23(27-22)17-19-13-9-10-14-21(19)26(25)28/h9-11,13-16,18,27H,3-8,12,17H2,1-2H3. The SMILES string of the molecule is CCCCCCCC(CC)c1cccc2[nH]c3c(c12)C(=O)c1ccccc1C3. The zero-order valence-electron chi connectivity index (χ0n) is 17.2. The molecular formula is C26H31NO. The van der Waals surface area contributed by atoms with Crippen molar-refractivity contribution in [2.24, 2.45) is 0 Å². The molecule has 4 rings (SSSR count). The van der Waals surface area contributed by atoms with Gasteiger partial charge in [-0.1, -0.05) is 82.3 Å². The Morgan fingerprint density at radius 3 is 2.61 bits per heavy atom. The summed E-state index contributed by atoms with van der Waals surface area (Å²) in [7, 11) is 0. The summed E-state index contributed by atoms with van der Waals surface area (Å²) in [6.45, 7) is 4.55. The van der Waals surface area contributed by atoms with E-state index in [1.807, 2.05) is 18.2 Å². The third kappa shape index (κ3) is 3.41. The van der Waals surface area contributed by atoms with E-state index >= 15 is 0 Å². The summed E-state index contributed by atoms with van der Waals surface area (Å²) in [5, 5.41) is 1.18. The van der Waals surface area contributed by atoms with E-state index in [1.54, 1.807) is 0 Å². The lowest BCUT2D eigenvalue weighted by molar-refractivity contribution is 0.103. The van der Waals surface area contributed by atoms with E-state index in [4.69, 9.17) is 0 Å². The van der Waals surface area contributed by atoms with Gasteiger partial charge in [0.2, 0.25) is 0 Å². The Balaban J connectivity index is 1.69. The molecule has 3 aromatic rings. The van der Waals surface area contributed by atoms with Crippen molar-refractivity contribution in [1.82, 2.24) is 4.98 Å². The zero-order chi connectivity index (χ0) is 19.5. The average Bonchev–Trinajstić information content (AvgIpc) is 3.10. The number of carbonyl (C=O) groups excluding carboxylic acids is 1. The number of aromatic amines is 1. The van der Waals surface area contributed by atoms with Crippen LogP contribution in [0.2, 0.25) is 0 Å². The van der Waals surface area contributed by atoms with Crippen LogP contribution >= 0.6 is 0 Å². The molecular weight excluding hydrogens is 342 g/mol. The van der Waals surface area contributed by atoms with Gasteiger partial charge in [0.15, 0.2) is 5.78 Å². The van der Waals surface area contributed by atoms with Gasteiger partial charge in [0.25, 0.3) is 0 Å². The highest BCUT2D eigenvalue weighted by Crippen LogP contribution is 2.38. The summed E-state index contributed by atoms with van der Waals surface area (Å²) in [6.07, 6.45) is 9.71. The highest BCUT2D eigenvalue weighted by atomic mass is 16.1. The zero-order valence-corrected chi connectivity index (χ0v) is 17.2. The van der Waals surface area contributed by atoms with E-state index in [2.05, 4.69) is 43.1 Å². The summed E-state index contributed by atoms with van der Waals surface area (Å²) < 4.78 is 0. The van der Waals surface area contributed by atoms with Crippen molar-refractivity contribution < 1.29 is 4.79 Å². The number of H-pyrrole nitrogens is 1. The third-order valence-corrected chi connectivity index (χ3v) is 6.38. The molecule has 1 N–H and O–H groups in total. The van der Waals surface area contributed by atoms with Crippen LogP contribution in [0, 0.1) is 0 Å². The second-order valence-electron chi connectivity index (χ2n) is 8.22. The fraction of sp³-hybridized carbons (Fsp3) is 0.423. The number of aromatic nitrogens is 1. The monoisotopic (exact) mass is 373 g/mol. The minimum atomic E-state index is 0.188. The number of carbonyl (C=O) groups is 1. The molecule has 0 aliphatic heterocycles. The van der Waals surface area contributed by atoms with Crippen molar-refractivity contribution in [2.75, 3.05) is 0 Å². The third-order valence-electron chi connectivity index (χ3n) is 6.38. The fourth-order valence-corrected chi connectivity index (χ4v) is 4.85. The Morgan fingerprint density at radius 1 is 0.964 bits per heavy atom. The van der Waals surface area contributed by atoms with Crippen molar-refractivity contribution in [1.29, 1.82) is 0 Å². The van der Waals surface area contributed by atoms with Gasteiger partial charge >= 0.3 is 0 Å². The van der Waals surface area contributed by atoms with Crippen molar-refractivity contribution in [3.8, 4) is 0 Å². The number of rotatable bonds is 8. The van der Waals surface area contributed by atoms with Crippen molar-refractivity contribution in [3.63, 3.8) is 0 Å². The van der Waals surface area contributed by atoms with Crippen LogP contribution in [0.1, 0.15) is 97.5 Å². The molecule has 1 atom stereocenters. The second kappa shape index (κ2) is 8.34. The Labute approximate surface area is 168 Å². The maximum Gasteiger partial charge on any atom is 0.195 e. The van der Waals surface area contributed by atoms with Crippen LogP contribution in [0.4, 0.5) is 0 Å². The number of hydrogen-bond acceptors (Lipinski definition) is 1. The maximum atomic E-state index is 13.4. The summed E-state index contributed by atoms with van der Waals surface area (Å²) in [4.78, 5) is 16.9. The molecule has 0 saturated heterocycles. The second-order valence-corrected chi connectivity index (χ2v) is 8.22. The summed E-state index contributed by atoms with van der Waals surface area (Å²) in [5.74, 6) is 0.712. The number of benzene rings is 2. The topological polar surface area (TPSA) is 32.9 Å². The molecule has 0 saturated carbocycles. The maximum absolute atomic E-state index is 13.4. The molecule has 1 unspecified atom stereocenters. The van der Waals surface area contributed by atoms with E-state index in [9.17, 15) is 4.79 Å². The first-order chi connectivity index (χ1) is 13.7. The molecule has 2 aromatic carbocycles. The van der Waals surface area contributed by atoms with E-state index < -0.39 is 0 Å². The Bertz CT molecular complexity index is 981. The molecule has 0 radical (unpaired) electrons. The average molecular weight is 374 g/mol. The van der Waals surface area contributed by atoms with Crippen molar-refractivity contribution in [2.45, 2.75) is 71.1 Å². The molecule has 2 heteroatoms. The van der Waals surface area contributed by atoms with Crippen LogP contribution in [0.25, 0.3) is 10.9 Å². The quantitative estimate of drug-likeness (QED) is 0.327. The van der Waals surface area contributed by atoms with Crippen LogP contribution in [0.3, 0.4) is 0 Å². The summed E-state index contributed by atoms with van der Waals surface area (Å²) in [6, 6.07) is 14.6. The van der Waals surface area contributed by atoms with Gasteiger partial charge < -0.3 is 4.98 Å². The molecule has 0 amide bonds. The minimum absolute atomic E-state index is 0.188. The molecule has 0 fully saturated rings. The molecule has 1 heterocycles. The normalized spacial score (nSPS) is 14.1. The molecule has 0 spiro atoms. The van der Waals surface area contributed by atoms with Gasteiger partial charge in [-0.25, -0.2) is 0 Å². The first kappa shape index (κ1) is 19.0. The first-order valence-electron chi connectivity index (χ1n) is 11.0. The van der Waals surface area contributed by atoms with Gasteiger partial charge in [0.1, 0.15) is 0 Å². The molecule has 28 heavy (non-hydrogen) atoms. The predicted molar refractivity (Wildman–Crippen MR) is 117 cm³/mol. The molecule has 1 aliphatic rings. The van der Waals surface area contributed by atoms with Gasteiger partial charge in [0.05, 0.1) is 5.56 Å². The van der Waals surface area contributed by atoms with Crippen molar-refractivity contribution >= 4 is 16.7 Å². The van der Waals surface area contributed by atoms with Gasteiger partial charge in [-0.2, -0.15) is 0 Å². The smallest absolute Gasteiger partial charge is 0.195 e. The Morgan fingerprint density at radius 2 is 1.79 bits per heavy atom. The Hall–Kier alpha value is -2.35. The number of unbranched alkanes of at least 4 members (excludes halogenated alkanes) is 4. The molecule has 2 nitrogen and oxygen atoms in total. The van der Waals surface area contributed by atoms with Crippen LogP contribution in [0.5, 0.6) is 0 Å². The molecule has 1 aliphatic carbocycles. The summed E-state index contributed by atoms with van der Waals surface area (Å²) >= 11 is 0. The molecule has 0 bridgehead atoms. The van der Waals surface area contributed by atoms with Crippen LogP contribution in [-0.2, 0) is 6.42 Å². The molecule has 1 aromatic heterocycles. The lowest BCUT2D eigenvalue weighted by Gasteiger charge is -2.19. The van der Waals surface area contributed by atoms with Crippen molar-refractivity contribution in [3.05, 3.63) is 70.4 Å². The number of fused-ring (bicyclic) bond motifs is 4. The highest BCUT2D eigenvalue weighted by molar-refractivity contribution is 6.20. The highest BCUT2D eigenvalue weighted by Gasteiger charge is 2.29. The van der Waals surface area contributed by atoms with E-state index in [1.165, 1.54) is 49.5 Å². The van der Waals surface area contributed by atoms with Gasteiger partial charge in [-0.15, -0.1) is 0 Å². The predicted octanol–water partition coefficient (Wildman–Crippen LogP) is 7.16. The lowest BCUT2D eigenvalue weighted by atomic mass is 9.83. The largest absolute Gasteiger partial charge is 0.357 e. The van der Waals surface area contributed by atoms with Gasteiger partial charge in [-0.05, 0) is 36.0 Å². The van der Waals surface area contributed by atoms with Gasteiger partial charge in [-0.3, -0.25) is 4.79 Å². The lowest BCUT2D eigenvalue weighted by Crippen LogP contribution is -2.14. The van der Waals surface area contributed by atoms with Crippen LogP contribution < -0.4 is 0 Å². The number of ketones is 1. The van der Waals surface area contributed by atoms with Crippen LogP contribution in [0.15, 0.2) is 42.5 Å². The van der Waals surface area contributed by atoms with E-state index in [0.29, 0.717) is 5.92 Å². The van der Waals surface area contributed by atoms with E-state index in [-0.39, 0.29) is 5.78 Å².